The van der Waals surface area contributed by atoms with Gasteiger partial charge < -0.3 is 19.9 Å². The van der Waals surface area contributed by atoms with Crippen LogP contribution in [-0.2, 0) is 14.3 Å². The van der Waals surface area contributed by atoms with Crippen molar-refractivity contribution >= 4 is 23.9 Å². The van der Waals surface area contributed by atoms with Gasteiger partial charge in [0.05, 0.1) is 0 Å². The van der Waals surface area contributed by atoms with Crippen LogP contribution in [0.3, 0.4) is 0 Å². The van der Waals surface area contributed by atoms with E-state index in [1.165, 1.54) is 11.9 Å². The maximum atomic E-state index is 12.2. The number of ether oxygens (including phenoxy) is 1. The molecule has 9 nitrogen and oxygen atoms in total. The highest BCUT2D eigenvalue weighted by Gasteiger charge is 2.48. The normalized spacial score (nSPS) is 30.2. The molecule has 1 aliphatic carbocycles. The second-order valence-electron chi connectivity index (χ2n) is 7.18. The van der Waals surface area contributed by atoms with Crippen molar-refractivity contribution in [1.29, 1.82) is 0 Å². The summed E-state index contributed by atoms with van der Waals surface area (Å²) in [7, 11) is 3.09. The highest BCUT2D eigenvalue weighted by atomic mass is 16.5. The number of fused-ring (bicyclic) bond motifs is 1. The first-order valence-corrected chi connectivity index (χ1v) is 8.80. The number of amides is 4. The van der Waals surface area contributed by atoms with Crippen molar-refractivity contribution < 1.29 is 19.1 Å². The lowest BCUT2D eigenvalue weighted by molar-refractivity contribution is -0.135. The molecule has 3 fully saturated rings. The Hall–Kier alpha value is -2.32. The van der Waals surface area contributed by atoms with Gasteiger partial charge in [-0.25, -0.2) is 9.79 Å². The molecule has 2 saturated heterocycles. The summed E-state index contributed by atoms with van der Waals surface area (Å²) in [5.74, 6) is 0.215. The van der Waals surface area contributed by atoms with E-state index in [-0.39, 0.29) is 29.9 Å². The summed E-state index contributed by atoms with van der Waals surface area (Å²) in [5.41, 5.74) is 0. The van der Waals surface area contributed by atoms with E-state index in [1.807, 2.05) is 4.90 Å². The first-order chi connectivity index (χ1) is 12.0. The fourth-order valence-electron chi connectivity index (χ4n) is 3.60. The average molecular weight is 349 g/mol. The van der Waals surface area contributed by atoms with Crippen LogP contribution < -0.4 is 5.32 Å². The predicted octanol–water partition coefficient (Wildman–Crippen LogP) is -0.418. The second-order valence-corrected chi connectivity index (χ2v) is 7.18. The van der Waals surface area contributed by atoms with Gasteiger partial charge in [0, 0.05) is 45.9 Å². The van der Waals surface area contributed by atoms with E-state index in [2.05, 4.69) is 10.3 Å². The number of likely N-dealkylation sites (N-methyl/N-ethyl adjacent to an activating group) is 2. The molecule has 0 radical (unpaired) electrons. The van der Waals surface area contributed by atoms with Crippen LogP contribution in [-0.4, -0.2) is 84.1 Å². The molecule has 1 N–H and O–H groups in total. The Balaban J connectivity index is 1.34. The Morgan fingerprint density at radius 3 is 2.48 bits per heavy atom. The first-order valence-electron chi connectivity index (χ1n) is 8.80. The van der Waals surface area contributed by atoms with Gasteiger partial charge in [-0.05, 0) is 12.8 Å². The Labute approximate surface area is 146 Å². The van der Waals surface area contributed by atoms with Crippen molar-refractivity contribution in [1.82, 2.24) is 20.0 Å². The molecule has 9 heteroatoms. The number of hydrogen-bond donors (Lipinski definition) is 1. The van der Waals surface area contributed by atoms with Gasteiger partial charge in [-0.15, -0.1) is 0 Å². The molecule has 0 bridgehead atoms. The Morgan fingerprint density at radius 2 is 1.84 bits per heavy atom. The molecule has 0 spiro atoms. The fourth-order valence-corrected chi connectivity index (χ4v) is 3.60. The van der Waals surface area contributed by atoms with E-state index in [0.717, 1.165) is 30.6 Å². The van der Waals surface area contributed by atoms with Crippen LogP contribution in [0.25, 0.3) is 0 Å². The van der Waals surface area contributed by atoms with Gasteiger partial charge in [0.25, 0.3) is 11.9 Å². The number of amidine groups is 1. The summed E-state index contributed by atoms with van der Waals surface area (Å²) < 4.78 is 5.91. The summed E-state index contributed by atoms with van der Waals surface area (Å²) in [5, 5.41) is 3.00. The number of carbonyl (C=O) groups excluding carboxylic acids is 3. The SMILES string of the molecule is CN1C(=O)C2NC(OC3CCN(C(=O)C4CC4)CC3)=NC2N(C)C1=O. The minimum Gasteiger partial charge on any atom is -0.462 e. The predicted molar refractivity (Wildman–Crippen MR) is 87.5 cm³/mol. The van der Waals surface area contributed by atoms with E-state index in [1.54, 1.807) is 7.05 Å². The first kappa shape index (κ1) is 16.2. The van der Waals surface area contributed by atoms with E-state index in [0.29, 0.717) is 19.1 Å². The third kappa shape index (κ3) is 2.81. The molecular formula is C16H23N5O4. The molecule has 0 aromatic rings. The van der Waals surface area contributed by atoms with E-state index in [9.17, 15) is 14.4 Å². The molecule has 4 amide bonds. The molecular weight excluding hydrogens is 326 g/mol. The lowest BCUT2D eigenvalue weighted by Crippen LogP contribution is -2.63. The third-order valence-electron chi connectivity index (χ3n) is 5.37. The molecule has 2 atom stereocenters. The summed E-state index contributed by atoms with van der Waals surface area (Å²) in [6.07, 6.45) is 2.93. The van der Waals surface area contributed by atoms with Gasteiger partial charge in [0.15, 0.2) is 12.2 Å². The quantitative estimate of drug-likeness (QED) is 0.731. The van der Waals surface area contributed by atoms with E-state index < -0.39 is 12.2 Å². The summed E-state index contributed by atoms with van der Waals surface area (Å²) >= 11 is 0. The number of piperidine rings is 1. The Morgan fingerprint density at radius 1 is 1.16 bits per heavy atom. The van der Waals surface area contributed by atoms with Crippen LogP contribution in [0.5, 0.6) is 0 Å². The Bertz CT molecular complexity index is 638. The third-order valence-corrected chi connectivity index (χ3v) is 5.37. The highest BCUT2D eigenvalue weighted by Crippen LogP contribution is 2.32. The number of carbonyl (C=O) groups is 3. The largest absolute Gasteiger partial charge is 0.462 e. The Kier molecular flexibility index (Phi) is 3.81. The summed E-state index contributed by atoms with van der Waals surface area (Å²) in [6.45, 7) is 1.39. The number of urea groups is 1. The van der Waals surface area contributed by atoms with Gasteiger partial charge in [-0.2, -0.15) is 0 Å². The zero-order valence-corrected chi connectivity index (χ0v) is 14.5. The lowest BCUT2D eigenvalue weighted by Gasteiger charge is -2.36. The van der Waals surface area contributed by atoms with Crippen molar-refractivity contribution in [3.05, 3.63) is 0 Å². The number of likely N-dealkylation sites (tertiary alicyclic amines) is 1. The molecule has 2 unspecified atom stereocenters. The highest BCUT2D eigenvalue weighted by molar-refractivity contribution is 6.02. The molecule has 3 aliphatic heterocycles. The van der Waals surface area contributed by atoms with Gasteiger partial charge in [-0.3, -0.25) is 14.5 Å². The summed E-state index contributed by atoms with van der Waals surface area (Å²) in [4.78, 5) is 45.1. The van der Waals surface area contributed by atoms with Crippen molar-refractivity contribution in [2.24, 2.45) is 10.9 Å². The molecule has 0 aromatic heterocycles. The van der Waals surface area contributed by atoms with E-state index >= 15 is 0 Å². The van der Waals surface area contributed by atoms with Crippen molar-refractivity contribution in [3.8, 4) is 0 Å². The number of rotatable bonds is 2. The van der Waals surface area contributed by atoms with Crippen LogP contribution in [0.2, 0.25) is 0 Å². The molecule has 4 aliphatic rings. The van der Waals surface area contributed by atoms with Crippen LogP contribution in [0.4, 0.5) is 4.79 Å². The molecule has 3 heterocycles. The maximum Gasteiger partial charge on any atom is 0.328 e. The van der Waals surface area contributed by atoms with Gasteiger partial charge in [0.2, 0.25) is 5.91 Å². The topological polar surface area (TPSA) is 94.6 Å². The van der Waals surface area contributed by atoms with Crippen LogP contribution in [0, 0.1) is 5.92 Å². The second kappa shape index (κ2) is 5.89. The van der Waals surface area contributed by atoms with Crippen molar-refractivity contribution in [2.75, 3.05) is 27.2 Å². The standard InChI is InChI=1S/C16H23N5O4/c1-19-12-11(14(23)20(2)16(19)24)17-15(18-12)25-10-5-7-21(8-6-10)13(22)9-3-4-9/h9-12H,3-8H2,1-2H3,(H,17,18). The summed E-state index contributed by atoms with van der Waals surface area (Å²) in [6, 6.07) is -0.658. The van der Waals surface area contributed by atoms with Gasteiger partial charge in [-0.1, -0.05) is 0 Å². The van der Waals surface area contributed by atoms with Crippen LogP contribution in [0.15, 0.2) is 4.99 Å². The van der Waals surface area contributed by atoms with Crippen LogP contribution >= 0.6 is 0 Å². The fraction of sp³-hybridized carbons (Fsp3) is 0.750. The molecule has 4 rings (SSSR count). The monoisotopic (exact) mass is 349 g/mol. The van der Waals surface area contributed by atoms with Crippen molar-refractivity contribution in [2.45, 2.75) is 44.0 Å². The number of nitrogens with one attached hydrogen (secondary N) is 1. The number of imide groups is 1. The molecule has 25 heavy (non-hydrogen) atoms. The lowest BCUT2D eigenvalue weighted by atomic mass is 10.1. The minimum absolute atomic E-state index is 0.0384. The number of hydrogen-bond acceptors (Lipinski definition) is 6. The number of nitrogens with zero attached hydrogens (tertiary/aromatic N) is 4. The zero-order valence-electron chi connectivity index (χ0n) is 14.5. The van der Waals surface area contributed by atoms with Gasteiger partial charge in [0.1, 0.15) is 6.10 Å². The zero-order chi connectivity index (χ0) is 17.7. The molecule has 0 aromatic carbocycles. The number of aliphatic imine (C=N–C) groups is 1. The van der Waals surface area contributed by atoms with Crippen LogP contribution in [0.1, 0.15) is 25.7 Å². The van der Waals surface area contributed by atoms with Gasteiger partial charge >= 0.3 is 6.03 Å². The van der Waals surface area contributed by atoms with E-state index in [4.69, 9.17) is 4.74 Å². The molecule has 136 valence electrons. The minimum atomic E-state index is -0.598. The van der Waals surface area contributed by atoms with Crippen molar-refractivity contribution in [3.63, 3.8) is 0 Å². The smallest absolute Gasteiger partial charge is 0.328 e. The average Bonchev–Trinajstić information content (AvgIpc) is 3.38. The molecule has 1 saturated carbocycles. The maximum absolute atomic E-state index is 12.2.